The van der Waals surface area contributed by atoms with E-state index in [4.69, 9.17) is 14.6 Å². The number of hydrogen-bond donors (Lipinski definition) is 2. The lowest BCUT2D eigenvalue weighted by Gasteiger charge is -2.25. The molecule has 0 saturated heterocycles. The second kappa shape index (κ2) is 6.77. The summed E-state index contributed by atoms with van der Waals surface area (Å²) in [5, 5.41) is 11.5. The van der Waals surface area contributed by atoms with Crippen LogP contribution in [0.15, 0.2) is 24.3 Å². The Hall–Kier alpha value is -2.77. The molecule has 2 N–H and O–H groups in total. The summed E-state index contributed by atoms with van der Waals surface area (Å²) in [6.45, 7) is 4.44. The van der Waals surface area contributed by atoms with Crippen LogP contribution in [0.4, 0.5) is 10.5 Å². The third-order valence-electron chi connectivity index (χ3n) is 3.11. The Kier molecular flexibility index (Phi) is 4.96. The van der Waals surface area contributed by atoms with Gasteiger partial charge in [0.15, 0.2) is 0 Å². The standard InChI is InChI=1S/C16H20N2O6/c1-16(2,3)24-15(22)17-10-9-23-12-7-5-4-6-11(12)18(14(10)21)8-13(19)20/h4-7,10H,8-9H2,1-3H3,(H,17,22)(H,19,20)/t10-/m0/s1. The number of nitrogens with zero attached hydrogens (tertiary/aromatic N) is 1. The van der Waals surface area contributed by atoms with Crippen molar-refractivity contribution in [1.82, 2.24) is 5.32 Å². The third-order valence-corrected chi connectivity index (χ3v) is 3.11. The van der Waals surface area contributed by atoms with Gasteiger partial charge in [-0.3, -0.25) is 14.5 Å². The first-order valence-electron chi connectivity index (χ1n) is 7.42. The van der Waals surface area contributed by atoms with Gasteiger partial charge in [0.05, 0.1) is 5.69 Å². The molecule has 8 heteroatoms. The summed E-state index contributed by atoms with van der Waals surface area (Å²) in [7, 11) is 0. The first-order valence-corrected chi connectivity index (χ1v) is 7.42. The van der Waals surface area contributed by atoms with Gasteiger partial charge in [-0.2, -0.15) is 0 Å². The molecular weight excluding hydrogens is 316 g/mol. The Labute approximate surface area is 139 Å². The van der Waals surface area contributed by atoms with Gasteiger partial charge < -0.3 is 19.9 Å². The molecule has 0 radical (unpaired) electrons. The van der Waals surface area contributed by atoms with E-state index in [0.717, 1.165) is 4.90 Å². The highest BCUT2D eigenvalue weighted by molar-refractivity contribution is 6.03. The highest BCUT2D eigenvalue weighted by atomic mass is 16.6. The van der Waals surface area contributed by atoms with Crippen molar-refractivity contribution >= 4 is 23.7 Å². The van der Waals surface area contributed by atoms with Crippen LogP contribution in [0.2, 0.25) is 0 Å². The summed E-state index contributed by atoms with van der Waals surface area (Å²) in [5.41, 5.74) is -0.374. The van der Waals surface area contributed by atoms with Gasteiger partial charge in [0.2, 0.25) is 0 Å². The number of alkyl carbamates (subject to hydrolysis) is 1. The summed E-state index contributed by atoms with van der Waals surface area (Å²) >= 11 is 0. The first-order chi connectivity index (χ1) is 11.2. The van der Waals surface area contributed by atoms with Crippen LogP contribution in [0, 0.1) is 0 Å². The molecule has 0 aromatic heterocycles. The van der Waals surface area contributed by atoms with E-state index in [1.165, 1.54) is 0 Å². The Bertz CT molecular complexity index is 652. The molecule has 0 aliphatic carbocycles. The van der Waals surface area contributed by atoms with Gasteiger partial charge in [0.1, 0.15) is 30.5 Å². The summed E-state index contributed by atoms with van der Waals surface area (Å²) in [4.78, 5) is 36.7. The zero-order chi connectivity index (χ0) is 17.9. The van der Waals surface area contributed by atoms with Crippen LogP contribution in [-0.4, -0.2) is 47.9 Å². The number of carboxylic acids is 1. The Morgan fingerprint density at radius 1 is 1.38 bits per heavy atom. The summed E-state index contributed by atoms with van der Waals surface area (Å²) in [6.07, 6.45) is -0.773. The highest BCUT2D eigenvalue weighted by Gasteiger charge is 2.34. The maximum absolute atomic E-state index is 12.7. The molecule has 1 aliphatic heterocycles. The zero-order valence-corrected chi connectivity index (χ0v) is 13.7. The van der Waals surface area contributed by atoms with Crippen LogP contribution in [0.5, 0.6) is 5.75 Å². The predicted octanol–water partition coefficient (Wildman–Crippen LogP) is 1.39. The monoisotopic (exact) mass is 336 g/mol. The summed E-state index contributed by atoms with van der Waals surface area (Å²) < 4.78 is 10.7. The number of anilines is 1. The minimum absolute atomic E-state index is 0.120. The van der Waals surface area contributed by atoms with E-state index in [-0.39, 0.29) is 6.61 Å². The highest BCUT2D eigenvalue weighted by Crippen LogP contribution is 2.30. The molecule has 1 aromatic carbocycles. The number of rotatable bonds is 3. The molecule has 1 heterocycles. The van der Waals surface area contributed by atoms with E-state index in [2.05, 4.69) is 5.32 Å². The number of aliphatic carboxylic acids is 1. The second-order valence-electron chi connectivity index (χ2n) is 6.30. The van der Waals surface area contributed by atoms with Crippen molar-refractivity contribution in [1.29, 1.82) is 0 Å². The van der Waals surface area contributed by atoms with Gasteiger partial charge in [-0.15, -0.1) is 0 Å². The molecule has 2 rings (SSSR count). The van der Waals surface area contributed by atoms with E-state index in [9.17, 15) is 14.4 Å². The zero-order valence-electron chi connectivity index (χ0n) is 13.7. The van der Waals surface area contributed by atoms with Crippen LogP contribution in [0.1, 0.15) is 20.8 Å². The summed E-state index contributed by atoms with van der Waals surface area (Å²) in [6, 6.07) is 5.56. The lowest BCUT2D eigenvalue weighted by molar-refractivity contribution is -0.136. The van der Waals surface area contributed by atoms with E-state index in [1.807, 2.05) is 0 Å². The van der Waals surface area contributed by atoms with Crippen molar-refractivity contribution < 1.29 is 29.0 Å². The smallest absolute Gasteiger partial charge is 0.408 e. The van der Waals surface area contributed by atoms with Crippen LogP contribution < -0.4 is 15.0 Å². The number of hydrogen-bond acceptors (Lipinski definition) is 5. The fourth-order valence-electron chi connectivity index (χ4n) is 2.21. The number of carbonyl (C=O) groups excluding carboxylic acids is 2. The van der Waals surface area contributed by atoms with Crippen LogP contribution in [-0.2, 0) is 14.3 Å². The first kappa shape index (κ1) is 17.6. The average molecular weight is 336 g/mol. The van der Waals surface area contributed by atoms with Gasteiger partial charge in [-0.1, -0.05) is 12.1 Å². The van der Waals surface area contributed by atoms with Crippen LogP contribution in [0.25, 0.3) is 0 Å². The quantitative estimate of drug-likeness (QED) is 0.864. The molecule has 1 aliphatic rings. The Morgan fingerprint density at radius 3 is 2.67 bits per heavy atom. The molecule has 0 fully saturated rings. The number of fused-ring (bicyclic) bond motifs is 1. The number of nitrogens with one attached hydrogen (secondary N) is 1. The van der Waals surface area contributed by atoms with Gasteiger partial charge in [-0.05, 0) is 32.9 Å². The largest absolute Gasteiger partial charge is 0.489 e. The Morgan fingerprint density at radius 2 is 2.04 bits per heavy atom. The lowest BCUT2D eigenvalue weighted by Crippen LogP contribution is -2.52. The predicted molar refractivity (Wildman–Crippen MR) is 85.1 cm³/mol. The molecule has 1 aromatic rings. The van der Waals surface area contributed by atoms with Crippen molar-refractivity contribution in [3.63, 3.8) is 0 Å². The van der Waals surface area contributed by atoms with E-state index < -0.39 is 36.2 Å². The fraction of sp³-hybridized carbons (Fsp3) is 0.438. The average Bonchev–Trinajstić information content (AvgIpc) is 2.57. The minimum atomic E-state index is -1.17. The second-order valence-corrected chi connectivity index (χ2v) is 6.30. The molecule has 1 atom stereocenters. The molecule has 130 valence electrons. The van der Waals surface area contributed by atoms with Gasteiger partial charge >= 0.3 is 12.1 Å². The van der Waals surface area contributed by atoms with E-state index in [0.29, 0.717) is 11.4 Å². The number of carbonyl (C=O) groups is 3. The number of ether oxygens (including phenoxy) is 2. The van der Waals surface area contributed by atoms with Crippen LogP contribution in [0.3, 0.4) is 0 Å². The van der Waals surface area contributed by atoms with Crippen molar-refractivity contribution in [3.05, 3.63) is 24.3 Å². The molecular formula is C16H20N2O6. The van der Waals surface area contributed by atoms with Crippen molar-refractivity contribution in [2.24, 2.45) is 0 Å². The number of para-hydroxylation sites is 2. The molecule has 24 heavy (non-hydrogen) atoms. The van der Waals surface area contributed by atoms with Crippen molar-refractivity contribution in [2.75, 3.05) is 18.1 Å². The summed E-state index contributed by atoms with van der Waals surface area (Å²) in [5.74, 6) is -1.37. The molecule has 0 bridgehead atoms. The topological polar surface area (TPSA) is 105 Å². The Balaban J connectivity index is 2.23. The van der Waals surface area contributed by atoms with E-state index >= 15 is 0 Å². The van der Waals surface area contributed by atoms with Gasteiger partial charge in [-0.25, -0.2) is 4.79 Å². The minimum Gasteiger partial charge on any atom is -0.489 e. The van der Waals surface area contributed by atoms with Gasteiger partial charge in [0, 0.05) is 0 Å². The molecule has 0 spiro atoms. The number of carboxylic acid groups (broad SMARTS) is 1. The SMILES string of the molecule is CC(C)(C)OC(=O)N[C@H]1COc2ccccc2N(CC(=O)O)C1=O. The van der Waals surface area contributed by atoms with Crippen LogP contribution >= 0.6 is 0 Å². The molecule has 2 amide bonds. The maximum atomic E-state index is 12.7. The molecule has 0 saturated carbocycles. The van der Waals surface area contributed by atoms with Crippen molar-refractivity contribution in [2.45, 2.75) is 32.4 Å². The third kappa shape index (κ3) is 4.37. The number of benzene rings is 1. The molecule has 0 unspecified atom stereocenters. The fourth-order valence-corrected chi connectivity index (χ4v) is 2.21. The maximum Gasteiger partial charge on any atom is 0.408 e. The van der Waals surface area contributed by atoms with E-state index in [1.54, 1.807) is 45.0 Å². The lowest BCUT2D eigenvalue weighted by atomic mass is 10.2. The normalized spacial score (nSPS) is 17.4. The number of amides is 2. The van der Waals surface area contributed by atoms with Gasteiger partial charge in [0.25, 0.3) is 5.91 Å². The molecule has 8 nitrogen and oxygen atoms in total. The van der Waals surface area contributed by atoms with Crippen molar-refractivity contribution in [3.8, 4) is 5.75 Å².